The van der Waals surface area contributed by atoms with Gasteiger partial charge >= 0.3 is 0 Å². The van der Waals surface area contributed by atoms with Crippen LogP contribution in [0, 0.1) is 0 Å². The zero-order valence-corrected chi connectivity index (χ0v) is 11.3. The fourth-order valence-corrected chi connectivity index (χ4v) is 1.86. The number of aromatic nitrogens is 3. The zero-order chi connectivity index (χ0) is 13.8. The summed E-state index contributed by atoms with van der Waals surface area (Å²) in [6.45, 7) is 0. The molecule has 19 heavy (non-hydrogen) atoms. The predicted molar refractivity (Wildman–Crippen MR) is 67.2 cm³/mol. The third-order valence-electron chi connectivity index (χ3n) is 2.57. The van der Waals surface area contributed by atoms with Crippen LogP contribution in [0.5, 0.6) is 0 Å². The molecule has 0 radical (unpaired) electrons. The van der Waals surface area contributed by atoms with Crippen LogP contribution in [-0.4, -0.2) is 26.5 Å². The first-order valence-corrected chi connectivity index (χ1v) is 6.21. The summed E-state index contributed by atoms with van der Waals surface area (Å²) in [6.07, 6.45) is 2.22. The Morgan fingerprint density at radius 2 is 2.00 bits per heavy atom. The summed E-state index contributed by atoms with van der Waals surface area (Å²) in [5.41, 5.74) is 0.439. The van der Waals surface area contributed by atoms with Gasteiger partial charge in [0.25, 0.3) is 0 Å². The number of carbonyl (C=O) groups excluding carboxylic acids is 2. The van der Waals surface area contributed by atoms with Crippen molar-refractivity contribution in [3.8, 4) is 0 Å². The van der Waals surface area contributed by atoms with Gasteiger partial charge in [-0.05, 0) is 12.1 Å². The Morgan fingerprint density at radius 1 is 1.32 bits per heavy atom. The van der Waals surface area contributed by atoms with E-state index in [1.807, 2.05) is 0 Å². The van der Waals surface area contributed by atoms with E-state index in [4.69, 9.17) is 0 Å². The Hall–Kier alpha value is -2.02. The summed E-state index contributed by atoms with van der Waals surface area (Å²) in [4.78, 5) is 26.7. The number of carboxylic acids is 1. The molecule has 0 bridgehead atoms. The second kappa shape index (κ2) is 5.75. The minimum absolute atomic E-state index is 0.229. The molecular weight excluding hydrogens is 314 g/mol. The summed E-state index contributed by atoms with van der Waals surface area (Å²) in [7, 11) is 0. The maximum atomic E-state index is 12.0. The van der Waals surface area contributed by atoms with Crippen LogP contribution >= 0.6 is 15.9 Å². The molecule has 7 heteroatoms. The first-order chi connectivity index (χ1) is 9.08. The van der Waals surface area contributed by atoms with E-state index in [9.17, 15) is 14.7 Å². The molecule has 1 heterocycles. The molecule has 0 aliphatic carbocycles. The Labute approximate surface area is 117 Å². The molecule has 1 aromatic carbocycles. The van der Waals surface area contributed by atoms with Gasteiger partial charge in [0.1, 0.15) is 18.7 Å². The maximum absolute atomic E-state index is 12.0. The summed E-state index contributed by atoms with van der Waals surface area (Å²) >= 11 is 3.26. The van der Waals surface area contributed by atoms with Crippen molar-refractivity contribution in [3.63, 3.8) is 0 Å². The fourth-order valence-electron chi connectivity index (χ4n) is 1.59. The molecular formula is C12H9BrN3O3-. The highest BCUT2D eigenvalue weighted by Crippen LogP contribution is 2.16. The standard InChI is InChI=1S/C12H10BrN3O3/c13-9-3-1-8(2-4-9)11(17)5-10(12(18)19)16-7-14-6-15-16/h1-4,6-7,10H,5H2,(H,18,19)/p-1/t10-/m0/s1. The van der Waals surface area contributed by atoms with Crippen molar-refractivity contribution in [2.75, 3.05) is 0 Å². The van der Waals surface area contributed by atoms with E-state index in [0.29, 0.717) is 5.56 Å². The largest absolute Gasteiger partial charge is 0.548 e. The number of benzene rings is 1. The molecule has 0 spiro atoms. The normalized spacial score (nSPS) is 12.1. The van der Waals surface area contributed by atoms with Gasteiger partial charge in [0.05, 0.1) is 5.97 Å². The van der Waals surface area contributed by atoms with Crippen LogP contribution in [0.25, 0.3) is 0 Å². The Bertz CT molecular complexity index is 581. The molecule has 0 aliphatic heterocycles. The van der Waals surface area contributed by atoms with Gasteiger partial charge in [0.15, 0.2) is 5.78 Å². The smallest absolute Gasteiger partial charge is 0.165 e. The second-order valence-corrected chi connectivity index (χ2v) is 4.76. The van der Waals surface area contributed by atoms with Crippen molar-refractivity contribution in [2.45, 2.75) is 12.5 Å². The highest BCUT2D eigenvalue weighted by molar-refractivity contribution is 9.10. The molecule has 0 fully saturated rings. The topological polar surface area (TPSA) is 87.9 Å². The van der Waals surface area contributed by atoms with Crippen LogP contribution in [0.1, 0.15) is 22.8 Å². The maximum Gasteiger partial charge on any atom is 0.165 e. The summed E-state index contributed by atoms with van der Waals surface area (Å²) < 4.78 is 1.95. The molecule has 0 aliphatic rings. The molecule has 0 unspecified atom stereocenters. The fraction of sp³-hybridized carbons (Fsp3) is 0.167. The number of nitrogens with zero attached hydrogens (tertiary/aromatic N) is 3. The number of aliphatic carboxylic acids is 1. The Kier molecular flexibility index (Phi) is 4.06. The average Bonchev–Trinajstić information content (AvgIpc) is 2.89. The van der Waals surface area contributed by atoms with E-state index in [0.717, 1.165) is 9.15 Å². The molecule has 2 aromatic rings. The zero-order valence-electron chi connectivity index (χ0n) is 9.69. The number of ketones is 1. The van der Waals surface area contributed by atoms with Gasteiger partial charge in [-0.1, -0.05) is 28.1 Å². The van der Waals surface area contributed by atoms with Gasteiger partial charge in [-0.15, -0.1) is 0 Å². The number of hydrogen-bond donors (Lipinski definition) is 0. The molecule has 0 saturated carbocycles. The number of halogens is 1. The summed E-state index contributed by atoms with van der Waals surface area (Å²) in [5.74, 6) is -1.66. The molecule has 1 atom stereocenters. The minimum atomic E-state index is -1.36. The van der Waals surface area contributed by atoms with Crippen LogP contribution in [0.4, 0.5) is 0 Å². The lowest BCUT2D eigenvalue weighted by Crippen LogP contribution is -2.35. The van der Waals surface area contributed by atoms with Crippen molar-refractivity contribution in [2.24, 2.45) is 0 Å². The third kappa shape index (κ3) is 3.25. The molecule has 0 N–H and O–H groups in total. The first kappa shape index (κ1) is 13.4. The average molecular weight is 323 g/mol. The van der Waals surface area contributed by atoms with Crippen LogP contribution < -0.4 is 5.11 Å². The monoisotopic (exact) mass is 322 g/mol. The van der Waals surface area contributed by atoms with Crippen LogP contribution in [0.3, 0.4) is 0 Å². The predicted octanol–water partition coefficient (Wildman–Crippen LogP) is 0.605. The van der Waals surface area contributed by atoms with Crippen LogP contribution in [0.15, 0.2) is 41.4 Å². The van der Waals surface area contributed by atoms with Crippen molar-refractivity contribution >= 4 is 27.7 Å². The summed E-state index contributed by atoms with van der Waals surface area (Å²) in [5, 5.41) is 14.8. The van der Waals surface area contributed by atoms with Crippen molar-refractivity contribution in [3.05, 3.63) is 47.0 Å². The van der Waals surface area contributed by atoms with Crippen LogP contribution in [-0.2, 0) is 4.79 Å². The van der Waals surface area contributed by atoms with E-state index < -0.39 is 12.0 Å². The number of rotatable bonds is 5. The third-order valence-corrected chi connectivity index (χ3v) is 3.10. The molecule has 98 valence electrons. The highest BCUT2D eigenvalue weighted by atomic mass is 79.9. The minimum Gasteiger partial charge on any atom is -0.548 e. The van der Waals surface area contributed by atoms with Gasteiger partial charge in [-0.3, -0.25) is 4.79 Å². The van der Waals surface area contributed by atoms with Gasteiger partial charge < -0.3 is 9.90 Å². The number of hydrogen-bond acceptors (Lipinski definition) is 5. The van der Waals surface area contributed by atoms with Gasteiger partial charge in [-0.25, -0.2) is 9.67 Å². The number of carboxylic acid groups (broad SMARTS) is 1. The quantitative estimate of drug-likeness (QED) is 0.752. The highest BCUT2D eigenvalue weighted by Gasteiger charge is 2.18. The summed E-state index contributed by atoms with van der Waals surface area (Å²) in [6, 6.07) is 5.53. The van der Waals surface area contributed by atoms with E-state index in [-0.39, 0.29) is 12.2 Å². The van der Waals surface area contributed by atoms with Crippen LogP contribution in [0.2, 0.25) is 0 Å². The van der Waals surface area contributed by atoms with Crippen molar-refractivity contribution in [1.82, 2.24) is 14.8 Å². The van der Waals surface area contributed by atoms with E-state index in [1.54, 1.807) is 24.3 Å². The molecule has 0 saturated heterocycles. The molecule has 0 amide bonds. The van der Waals surface area contributed by atoms with Gasteiger partial charge in [-0.2, -0.15) is 5.10 Å². The Balaban J connectivity index is 2.16. The molecule has 6 nitrogen and oxygen atoms in total. The SMILES string of the molecule is O=C(C[C@@H](C(=O)[O-])n1cncn1)c1ccc(Br)cc1. The first-order valence-electron chi connectivity index (χ1n) is 5.41. The molecule has 1 aromatic heterocycles. The lowest BCUT2D eigenvalue weighted by Gasteiger charge is -2.17. The number of carbonyl (C=O) groups is 2. The molecule has 2 rings (SSSR count). The van der Waals surface area contributed by atoms with Gasteiger partial charge in [0.2, 0.25) is 0 Å². The lowest BCUT2D eigenvalue weighted by molar-refractivity contribution is -0.310. The number of Topliss-reactive ketones (excluding diaryl/α,β-unsaturated/α-hetero) is 1. The van der Waals surface area contributed by atoms with E-state index in [1.165, 1.54) is 12.7 Å². The van der Waals surface area contributed by atoms with E-state index in [2.05, 4.69) is 26.0 Å². The lowest BCUT2D eigenvalue weighted by atomic mass is 10.0. The Morgan fingerprint density at radius 3 is 2.53 bits per heavy atom. The van der Waals surface area contributed by atoms with Gasteiger partial charge in [0, 0.05) is 16.5 Å². The second-order valence-electron chi connectivity index (χ2n) is 3.84. The van der Waals surface area contributed by atoms with E-state index >= 15 is 0 Å². The van der Waals surface area contributed by atoms with Crippen molar-refractivity contribution in [1.29, 1.82) is 0 Å². The van der Waals surface area contributed by atoms with Crippen molar-refractivity contribution < 1.29 is 14.7 Å².